The van der Waals surface area contributed by atoms with Crippen LogP contribution in [0, 0.1) is 5.82 Å². The minimum atomic E-state index is -3.57. The van der Waals surface area contributed by atoms with Crippen molar-refractivity contribution in [2.75, 3.05) is 19.4 Å². The molecule has 0 amide bonds. The van der Waals surface area contributed by atoms with Crippen molar-refractivity contribution in [3.8, 4) is 0 Å². The fraction of sp³-hybridized carbons (Fsp3) is 0.231. The third-order valence-electron chi connectivity index (χ3n) is 2.76. The molecule has 114 valence electrons. The van der Waals surface area contributed by atoms with Gasteiger partial charge in [0.1, 0.15) is 11.6 Å². The van der Waals surface area contributed by atoms with Crippen LogP contribution in [-0.2, 0) is 16.6 Å². The van der Waals surface area contributed by atoms with Crippen LogP contribution in [0.2, 0.25) is 0 Å². The number of hydrogen-bond donors (Lipinski definition) is 1. The van der Waals surface area contributed by atoms with E-state index >= 15 is 0 Å². The van der Waals surface area contributed by atoms with Gasteiger partial charge in [0.05, 0.1) is 6.54 Å². The largest absolute Gasteiger partial charge is 0.446 e. The van der Waals surface area contributed by atoms with Crippen molar-refractivity contribution >= 4 is 31.6 Å². The van der Waals surface area contributed by atoms with E-state index in [0.717, 1.165) is 4.31 Å². The average molecular weight is 377 g/mol. The number of nitrogens with one attached hydrogen (secondary N) is 1. The van der Waals surface area contributed by atoms with Crippen molar-refractivity contribution in [1.82, 2.24) is 4.31 Å². The molecule has 0 spiro atoms. The molecule has 2 rings (SSSR count). The summed E-state index contributed by atoms with van der Waals surface area (Å²) < 4.78 is 43.7. The fourth-order valence-electron chi connectivity index (χ4n) is 1.59. The Morgan fingerprint density at radius 2 is 2.00 bits per heavy atom. The Morgan fingerprint density at radius 1 is 1.29 bits per heavy atom. The molecule has 0 unspecified atom stereocenters. The van der Waals surface area contributed by atoms with Crippen LogP contribution in [0.3, 0.4) is 0 Å². The zero-order valence-electron chi connectivity index (χ0n) is 11.4. The lowest BCUT2D eigenvalue weighted by Gasteiger charge is -2.08. The minimum Gasteiger partial charge on any atom is -0.446 e. The van der Waals surface area contributed by atoms with E-state index in [9.17, 15) is 12.8 Å². The molecule has 1 aromatic heterocycles. The Balaban J connectivity index is 2.10. The first kappa shape index (κ1) is 16.0. The first-order valence-electron chi connectivity index (χ1n) is 6.01. The van der Waals surface area contributed by atoms with Gasteiger partial charge in [-0.05, 0) is 46.3 Å². The number of hydrogen-bond acceptors (Lipinski definition) is 4. The van der Waals surface area contributed by atoms with Crippen LogP contribution < -0.4 is 5.32 Å². The predicted octanol–water partition coefficient (Wildman–Crippen LogP) is 3.04. The van der Waals surface area contributed by atoms with Crippen LogP contribution in [0.1, 0.15) is 5.76 Å². The van der Waals surface area contributed by atoms with Crippen molar-refractivity contribution < 1.29 is 17.2 Å². The van der Waals surface area contributed by atoms with E-state index in [-0.39, 0.29) is 17.5 Å². The third-order valence-corrected chi connectivity index (χ3v) is 5.10. The molecular weight excluding hydrogens is 363 g/mol. The predicted molar refractivity (Wildman–Crippen MR) is 81.0 cm³/mol. The van der Waals surface area contributed by atoms with Gasteiger partial charge in [0, 0.05) is 24.3 Å². The second-order valence-corrected chi connectivity index (χ2v) is 7.42. The van der Waals surface area contributed by atoms with Gasteiger partial charge in [-0.3, -0.25) is 0 Å². The van der Waals surface area contributed by atoms with Gasteiger partial charge in [-0.15, -0.1) is 0 Å². The quantitative estimate of drug-likeness (QED) is 0.870. The van der Waals surface area contributed by atoms with E-state index in [1.807, 2.05) is 0 Å². The average Bonchev–Trinajstić information content (AvgIpc) is 2.87. The maximum atomic E-state index is 13.0. The van der Waals surface area contributed by atoms with E-state index in [4.69, 9.17) is 4.42 Å². The SMILES string of the molecule is CN(C)S(=O)(=O)c1ccc(CNc2ccc(F)cc2Br)o1. The normalized spacial score (nSPS) is 11.9. The van der Waals surface area contributed by atoms with Crippen molar-refractivity contribution in [1.29, 1.82) is 0 Å². The molecule has 0 aliphatic carbocycles. The highest BCUT2D eigenvalue weighted by molar-refractivity contribution is 9.10. The second-order valence-electron chi connectivity index (χ2n) is 4.49. The number of furan rings is 1. The zero-order chi connectivity index (χ0) is 15.6. The molecular formula is C13H14BrFN2O3S. The van der Waals surface area contributed by atoms with Gasteiger partial charge in [0.2, 0.25) is 5.09 Å². The monoisotopic (exact) mass is 376 g/mol. The highest BCUT2D eigenvalue weighted by atomic mass is 79.9. The minimum absolute atomic E-state index is 0.109. The lowest BCUT2D eigenvalue weighted by molar-refractivity contribution is 0.402. The van der Waals surface area contributed by atoms with Crippen LogP contribution in [0.15, 0.2) is 44.3 Å². The van der Waals surface area contributed by atoms with Gasteiger partial charge in [-0.1, -0.05) is 0 Å². The Bertz CT molecular complexity index is 744. The van der Waals surface area contributed by atoms with E-state index < -0.39 is 10.0 Å². The number of halogens is 2. The molecule has 0 fully saturated rings. The number of nitrogens with zero attached hydrogens (tertiary/aromatic N) is 1. The molecule has 1 N–H and O–H groups in total. The highest BCUT2D eigenvalue weighted by Gasteiger charge is 2.21. The van der Waals surface area contributed by atoms with E-state index in [1.165, 1.54) is 32.3 Å². The van der Waals surface area contributed by atoms with Gasteiger partial charge >= 0.3 is 0 Å². The molecule has 5 nitrogen and oxygen atoms in total. The first-order chi connectivity index (χ1) is 9.80. The summed E-state index contributed by atoms with van der Waals surface area (Å²) in [4.78, 5) is 0. The maximum Gasteiger partial charge on any atom is 0.275 e. The third kappa shape index (κ3) is 3.63. The van der Waals surface area contributed by atoms with Crippen molar-refractivity contribution in [3.05, 3.63) is 46.4 Å². The van der Waals surface area contributed by atoms with Gasteiger partial charge in [0.15, 0.2) is 0 Å². The van der Waals surface area contributed by atoms with Gasteiger partial charge in [0.25, 0.3) is 10.0 Å². The summed E-state index contributed by atoms with van der Waals surface area (Å²) in [6.45, 7) is 0.285. The number of sulfonamides is 1. The molecule has 0 aliphatic heterocycles. The smallest absolute Gasteiger partial charge is 0.275 e. The Hall–Kier alpha value is -1.38. The summed E-state index contributed by atoms with van der Waals surface area (Å²) in [7, 11) is -0.701. The van der Waals surface area contributed by atoms with Crippen molar-refractivity contribution in [2.24, 2.45) is 0 Å². The molecule has 0 radical (unpaired) electrons. The van der Waals surface area contributed by atoms with Crippen LogP contribution in [0.4, 0.5) is 10.1 Å². The summed E-state index contributed by atoms with van der Waals surface area (Å²) in [6.07, 6.45) is 0. The van der Waals surface area contributed by atoms with Crippen LogP contribution in [0.5, 0.6) is 0 Å². The summed E-state index contributed by atoms with van der Waals surface area (Å²) in [5, 5.41) is 2.93. The molecule has 0 atom stereocenters. The van der Waals surface area contributed by atoms with Crippen LogP contribution >= 0.6 is 15.9 Å². The molecule has 0 saturated carbocycles. The Morgan fingerprint density at radius 3 is 2.62 bits per heavy atom. The van der Waals surface area contributed by atoms with Gasteiger partial charge in [-0.25, -0.2) is 17.1 Å². The molecule has 8 heteroatoms. The second kappa shape index (κ2) is 6.17. The topological polar surface area (TPSA) is 62.6 Å². The van der Waals surface area contributed by atoms with Crippen LogP contribution in [0.25, 0.3) is 0 Å². The van der Waals surface area contributed by atoms with Crippen LogP contribution in [-0.4, -0.2) is 26.8 Å². The molecule has 0 saturated heterocycles. The Labute approximate surface area is 130 Å². The van der Waals surface area contributed by atoms with Crippen molar-refractivity contribution in [3.63, 3.8) is 0 Å². The summed E-state index contributed by atoms with van der Waals surface area (Å²) >= 11 is 3.24. The molecule has 0 bridgehead atoms. The Kier molecular flexibility index (Phi) is 4.70. The first-order valence-corrected chi connectivity index (χ1v) is 8.24. The summed E-state index contributed by atoms with van der Waals surface area (Å²) in [5.41, 5.74) is 0.685. The van der Waals surface area contributed by atoms with Crippen molar-refractivity contribution in [2.45, 2.75) is 11.6 Å². The van der Waals surface area contributed by atoms with E-state index in [2.05, 4.69) is 21.2 Å². The lowest BCUT2D eigenvalue weighted by atomic mass is 10.3. The summed E-state index contributed by atoms with van der Waals surface area (Å²) in [5.74, 6) is 0.122. The van der Waals surface area contributed by atoms with Gasteiger partial charge < -0.3 is 9.73 Å². The zero-order valence-corrected chi connectivity index (χ0v) is 13.8. The molecule has 1 aromatic carbocycles. The standard InChI is InChI=1S/C13H14BrFN2O3S/c1-17(2)21(18,19)13-6-4-10(20-13)8-16-12-5-3-9(15)7-11(12)14/h3-7,16H,8H2,1-2H3. The van der Waals surface area contributed by atoms with E-state index in [1.54, 1.807) is 12.1 Å². The number of anilines is 1. The number of rotatable bonds is 5. The van der Waals surface area contributed by atoms with E-state index in [0.29, 0.717) is 15.9 Å². The highest BCUT2D eigenvalue weighted by Crippen LogP contribution is 2.24. The fourth-order valence-corrected chi connectivity index (χ4v) is 2.89. The molecule has 1 heterocycles. The lowest BCUT2D eigenvalue weighted by Crippen LogP contribution is -2.21. The molecule has 2 aromatic rings. The summed E-state index contributed by atoms with van der Waals surface area (Å²) in [6, 6.07) is 7.25. The molecule has 0 aliphatic rings. The molecule has 21 heavy (non-hydrogen) atoms. The maximum absolute atomic E-state index is 13.0. The van der Waals surface area contributed by atoms with Gasteiger partial charge in [-0.2, -0.15) is 0 Å². The number of benzene rings is 1.